The number of aryl methyl sites for hydroxylation is 1. The maximum absolute atomic E-state index is 14.5. The number of ether oxygens (including phenoxy) is 5. The van der Waals surface area contributed by atoms with Gasteiger partial charge in [0, 0.05) is 6.07 Å². The van der Waals surface area contributed by atoms with Gasteiger partial charge in [-0.3, -0.25) is 4.79 Å². The molecule has 3 rings (SSSR count). The molecule has 0 radical (unpaired) electrons. The number of rotatable bonds is 19. The zero-order valence-corrected chi connectivity index (χ0v) is 26.7. The average molecular weight is 653 g/mol. The topological polar surface area (TPSA) is 138 Å². The predicted molar refractivity (Wildman–Crippen MR) is 172 cm³/mol. The number of aliphatic hydroxyl groups excluding tert-OH is 2. The van der Waals surface area contributed by atoms with Crippen LogP contribution in [0.5, 0.6) is 17.2 Å². The monoisotopic (exact) mass is 652 g/mol. The van der Waals surface area contributed by atoms with Crippen LogP contribution in [0.1, 0.15) is 49.0 Å². The van der Waals surface area contributed by atoms with Gasteiger partial charge in [0.25, 0.3) is 0 Å². The first kappa shape index (κ1) is 36.7. The van der Waals surface area contributed by atoms with Gasteiger partial charge in [-0.15, -0.1) is 0 Å². The molecule has 0 saturated carbocycles. The van der Waals surface area contributed by atoms with Crippen molar-refractivity contribution in [2.24, 2.45) is 5.92 Å². The summed E-state index contributed by atoms with van der Waals surface area (Å²) in [6, 6.07) is 16.1. The summed E-state index contributed by atoms with van der Waals surface area (Å²) in [5.41, 5.74) is 2.00. The van der Waals surface area contributed by atoms with Crippen LogP contribution in [0.2, 0.25) is 0 Å². The van der Waals surface area contributed by atoms with E-state index < -0.39 is 36.2 Å². The smallest absolute Gasteiger partial charge is 0.343 e. The van der Waals surface area contributed by atoms with Gasteiger partial charge < -0.3 is 33.9 Å². The third kappa shape index (κ3) is 11.8. The second-order valence-corrected chi connectivity index (χ2v) is 10.7. The summed E-state index contributed by atoms with van der Waals surface area (Å²) in [6.07, 6.45) is 3.53. The molecule has 0 aliphatic carbocycles. The van der Waals surface area contributed by atoms with Crippen LogP contribution < -0.4 is 14.2 Å². The lowest BCUT2D eigenvalue weighted by molar-refractivity contribution is -0.150. The van der Waals surface area contributed by atoms with Gasteiger partial charge in [-0.05, 0) is 72.9 Å². The van der Waals surface area contributed by atoms with Crippen molar-refractivity contribution in [2.75, 3.05) is 39.6 Å². The number of carbonyl (C=O) groups is 3. The van der Waals surface area contributed by atoms with Crippen LogP contribution in [0.25, 0.3) is 11.1 Å². The molecule has 1 unspecified atom stereocenters. The fraction of sp³-hybridized carbons (Fsp3) is 0.361. The summed E-state index contributed by atoms with van der Waals surface area (Å²) in [5.74, 6) is -1.99. The Labute approximate surface area is 273 Å². The highest BCUT2D eigenvalue weighted by atomic mass is 19.1. The summed E-state index contributed by atoms with van der Waals surface area (Å²) in [7, 11) is 0. The van der Waals surface area contributed by atoms with E-state index in [4.69, 9.17) is 33.9 Å². The predicted octanol–water partition coefficient (Wildman–Crippen LogP) is 5.47. The molecule has 1 atom stereocenters. The highest BCUT2D eigenvalue weighted by Crippen LogP contribution is 2.31. The van der Waals surface area contributed by atoms with Crippen molar-refractivity contribution in [3.63, 3.8) is 0 Å². The molecule has 11 heteroatoms. The van der Waals surface area contributed by atoms with Gasteiger partial charge in [-0.25, -0.2) is 14.0 Å². The molecule has 0 aromatic heterocycles. The Morgan fingerprint density at radius 1 is 0.809 bits per heavy atom. The van der Waals surface area contributed by atoms with Crippen LogP contribution >= 0.6 is 0 Å². The molecule has 2 N–H and O–H groups in total. The van der Waals surface area contributed by atoms with Gasteiger partial charge >= 0.3 is 17.9 Å². The Morgan fingerprint density at radius 3 is 2.06 bits per heavy atom. The first-order valence-corrected chi connectivity index (χ1v) is 15.4. The molecule has 252 valence electrons. The van der Waals surface area contributed by atoms with E-state index in [1.165, 1.54) is 6.07 Å². The lowest BCUT2D eigenvalue weighted by Gasteiger charge is -2.14. The van der Waals surface area contributed by atoms with E-state index in [-0.39, 0.29) is 49.9 Å². The average Bonchev–Trinajstić information content (AvgIpc) is 3.08. The van der Waals surface area contributed by atoms with Crippen LogP contribution in [0, 0.1) is 11.7 Å². The van der Waals surface area contributed by atoms with Crippen LogP contribution in [0.15, 0.2) is 72.8 Å². The largest absolute Gasteiger partial charge is 0.490 e. The molecule has 0 heterocycles. The van der Waals surface area contributed by atoms with E-state index in [2.05, 4.69) is 13.5 Å². The minimum atomic E-state index is -0.732. The zero-order chi connectivity index (χ0) is 34.2. The van der Waals surface area contributed by atoms with E-state index in [1.54, 1.807) is 61.5 Å². The molecular formula is C36H41FO10. The number of benzene rings is 3. The molecule has 0 spiro atoms. The number of halogens is 1. The number of esters is 3. The Balaban J connectivity index is 1.69. The molecule has 3 aromatic carbocycles. The number of unbranched alkanes of at least 4 members (excludes halogenated alkanes) is 2. The summed E-state index contributed by atoms with van der Waals surface area (Å²) in [6.45, 7) is 6.10. The summed E-state index contributed by atoms with van der Waals surface area (Å²) < 4.78 is 41.7. The second-order valence-electron chi connectivity index (χ2n) is 10.7. The molecule has 0 bridgehead atoms. The molecule has 47 heavy (non-hydrogen) atoms. The number of hydrogen-bond donors (Lipinski definition) is 2. The number of hydrogen-bond acceptors (Lipinski definition) is 10. The minimum Gasteiger partial charge on any atom is -0.490 e. The molecule has 3 aromatic rings. The van der Waals surface area contributed by atoms with Gasteiger partial charge in [0.2, 0.25) is 0 Å². The van der Waals surface area contributed by atoms with Gasteiger partial charge in [0.05, 0.1) is 30.3 Å². The normalized spacial score (nSPS) is 11.3. The van der Waals surface area contributed by atoms with Gasteiger partial charge in [0.15, 0.2) is 0 Å². The fourth-order valence-corrected chi connectivity index (χ4v) is 4.21. The van der Waals surface area contributed by atoms with Crippen LogP contribution in [0.3, 0.4) is 0 Å². The Hall–Kier alpha value is -4.74. The van der Waals surface area contributed by atoms with Gasteiger partial charge in [0.1, 0.15) is 49.5 Å². The van der Waals surface area contributed by atoms with Crippen molar-refractivity contribution in [3.8, 4) is 28.4 Å². The maximum Gasteiger partial charge on any atom is 0.343 e. The van der Waals surface area contributed by atoms with E-state index >= 15 is 0 Å². The highest BCUT2D eigenvalue weighted by Gasteiger charge is 2.15. The molecular weight excluding hydrogens is 611 g/mol. The molecule has 0 fully saturated rings. The standard InChI is InChI=1S/C36H41FO10/c1-4-5-6-7-27-8-9-28(20-33(27)37)36(42)47-30-12-10-26(11-13-30)29-18-31(43-14-16-45-34(40)24(2)22-38)21-32(19-29)44-15-17-46-35(41)25(3)23-39/h8-13,18-21,25,38-39H,2,4-7,14-17,22-23H2,1,3H3. The fourth-order valence-electron chi connectivity index (χ4n) is 4.21. The van der Waals surface area contributed by atoms with Crippen molar-refractivity contribution in [2.45, 2.75) is 39.5 Å². The van der Waals surface area contributed by atoms with E-state index in [0.717, 1.165) is 24.8 Å². The first-order valence-electron chi connectivity index (χ1n) is 15.4. The van der Waals surface area contributed by atoms with Crippen molar-refractivity contribution in [3.05, 3.63) is 89.8 Å². The first-order chi connectivity index (χ1) is 22.6. The summed E-state index contributed by atoms with van der Waals surface area (Å²) >= 11 is 0. The third-order valence-electron chi connectivity index (χ3n) is 6.95. The van der Waals surface area contributed by atoms with Crippen molar-refractivity contribution in [1.82, 2.24) is 0 Å². The molecule has 10 nitrogen and oxygen atoms in total. The van der Waals surface area contributed by atoms with Crippen molar-refractivity contribution in [1.29, 1.82) is 0 Å². The summed E-state index contributed by atoms with van der Waals surface area (Å²) in [5, 5.41) is 18.1. The van der Waals surface area contributed by atoms with E-state index in [1.807, 2.05) is 0 Å². The minimum absolute atomic E-state index is 0.000788. The molecule has 0 amide bonds. The van der Waals surface area contributed by atoms with E-state index in [0.29, 0.717) is 29.0 Å². The zero-order valence-electron chi connectivity index (χ0n) is 26.7. The SMILES string of the molecule is C=C(CO)C(=O)OCCOc1cc(OCCOC(=O)C(C)CO)cc(-c2ccc(OC(=O)c3ccc(CCCCC)c(F)c3)cc2)c1. The highest BCUT2D eigenvalue weighted by molar-refractivity contribution is 5.91. The Kier molecular flexibility index (Phi) is 14.9. The molecule has 0 aliphatic rings. The molecule has 0 aliphatic heterocycles. The third-order valence-corrected chi connectivity index (χ3v) is 6.95. The summed E-state index contributed by atoms with van der Waals surface area (Å²) in [4.78, 5) is 36.3. The van der Waals surface area contributed by atoms with Crippen molar-refractivity contribution < 1.29 is 52.7 Å². The number of carbonyl (C=O) groups excluding carboxylic acids is 3. The maximum atomic E-state index is 14.5. The Morgan fingerprint density at radius 2 is 1.47 bits per heavy atom. The van der Waals surface area contributed by atoms with Crippen molar-refractivity contribution >= 4 is 17.9 Å². The lowest BCUT2D eigenvalue weighted by atomic mass is 10.0. The van der Waals surface area contributed by atoms with E-state index in [9.17, 15) is 18.8 Å². The lowest BCUT2D eigenvalue weighted by Crippen LogP contribution is -2.20. The second kappa shape index (κ2) is 19.0. The van der Waals surface area contributed by atoms with Crippen LogP contribution in [0.4, 0.5) is 4.39 Å². The quantitative estimate of drug-likeness (QED) is 0.0743. The number of aliphatic hydroxyl groups is 2. The molecule has 0 saturated heterocycles. The van der Waals surface area contributed by atoms with Crippen LogP contribution in [-0.2, 0) is 25.5 Å². The van der Waals surface area contributed by atoms with Crippen LogP contribution in [-0.4, -0.2) is 67.8 Å². The van der Waals surface area contributed by atoms with Gasteiger partial charge in [-0.2, -0.15) is 0 Å². The van der Waals surface area contributed by atoms with Gasteiger partial charge in [-0.1, -0.05) is 44.5 Å². The Bertz CT molecular complexity index is 1500.